The number of aromatic nitrogens is 2. The molecule has 2 atom stereocenters. The second-order valence-electron chi connectivity index (χ2n) is 7.31. The van der Waals surface area contributed by atoms with Gasteiger partial charge in [-0.3, -0.25) is 9.20 Å². The normalized spacial score (nSPS) is 19.5. The summed E-state index contributed by atoms with van der Waals surface area (Å²) in [4.78, 5) is 18.8. The van der Waals surface area contributed by atoms with Crippen molar-refractivity contribution in [2.24, 2.45) is 0 Å². The Kier molecular flexibility index (Phi) is 5.43. The maximum absolute atomic E-state index is 14.7. The molecular formula is C21H22ClFN4O2. The van der Waals surface area contributed by atoms with Gasteiger partial charge in [0, 0.05) is 25.8 Å². The second-order valence-corrected chi connectivity index (χ2v) is 7.67. The summed E-state index contributed by atoms with van der Waals surface area (Å²) < 4.78 is 22.1. The van der Waals surface area contributed by atoms with Crippen LogP contribution >= 0.6 is 11.6 Å². The number of imidazole rings is 1. The van der Waals surface area contributed by atoms with E-state index in [4.69, 9.17) is 16.3 Å². The smallest absolute Gasteiger partial charge is 0.271 e. The number of amides is 1. The van der Waals surface area contributed by atoms with E-state index in [0.717, 1.165) is 0 Å². The van der Waals surface area contributed by atoms with Crippen LogP contribution in [0.4, 0.5) is 10.1 Å². The third-order valence-electron chi connectivity index (χ3n) is 4.93. The zero-order valence-electron chi connectivity index (χ0n) is 16.2. The van der Waals surface area contributed by atoms with Crippen LogP contribution in [0.1, 0.15) is 29.9 Å². The lowest BCUT2D eigenvalue weighted by Crippen LogP contribution is -2.45. The molecule has 3 aromatic rings. The van der Waals surface area contributed by atoms with Gasteiger partial charge in [0.2, 0.25) is 0 Å². The second kappa shape index (κ2) is 8.00. The average molecular weight is 417 g/mol. The molecule has 8 heteroatoms. The van der Waals surface area contributed by atoms with Crippen molar-refractivity contribution >= 4 is 28.8 Å². The Labute approximate surface area is 173 Å². The zero-order chi connectivity index (χ0) is 20.5. The number of carbonyl (C=O) groups is 1. The molecular weight excluding hydrogens is 395 g/mol. The predicted octanol–water partition coefficient (Wildman–Crippen LogP) is 3.67. The van der Waals surface area contributed by atoms with Gasteiger partial charge in [0.1, 0.15) is 11.5 Å². The van der Waals surface area contributed by atoms with E-state index in [1.165, 1.54) is 6.07 Å². The van der Waals surface area contributed by atoms with E-state index >= 15 is 0 Å². The third kappa shape index (κ3) is 4.06. The average Bonchev–Trinajstić information content (AvgIpc) is 3.01. The highest BCUT2D eigenvalue weighted by Crippen LogP contribution is 2.25. The number of nitrogens with one attached hydrogen (secondary N) is 1. The number of fused-ring (bicyclic) bond motifs is 1. The molecule has 1 aromatic carbocycles. The van der Waals surface area contributed by atoms with E-state index in [-0.39, 0.29) is 41.3 Å². The van der Waals surface area contributed by atoms with Crippen molar-refractivity contribution in [2.75, 3.05) is 18.0 Å². The minimum atomic E-state index is -0.367. The molecule has 0 radical (unpaired) electrons. The van der Waals surface area contributed by atoms with E-state index in [1.54, 1.807) is 28.8 Å². The molecule has 0 aliphatic carbocycles. The van der Waals surface area contributed by atoms with Crippen LogP contribution in [-0.4, -0.2) is 40.6 Å². The van der Waals surface area contributed by atoms with Crippen molar-refractivity contribution in [3.05, 3.63) is 64.8 Å². The molecule has 0 saturated carbocycles. The first kappa shape index (κ1) is 19.7. The van der Waals surface area contributed by atoms with Gasteiger partial charge in [0.05, 0.1) is 17.9 Å². The molecule has 6 nitrogen and oxygen atoms in total. The minimum absolute atomic E-state index is 0.0485. The number of ether oxygens (including phenoxy) is 1. The van der Waals surface area contributed by atoms with Crippen molar-refractivity contribution in [3.8, 4) is 0 Å². The Balaban J connectivity index is 1.47. The summed E-state index contributed by atoms with van der Waals surface area (Å²) >= 11 is 6.13. The molecule has 0 spiro atoms. The van der Waals surface area contributed by atoms with E-state index in [9.17, 15) is 9.18 Å². The number of rotatable bonds is 4. The first-order valence-corrected chi connectivity index (χ1v) is 9.90. The number of hydrogen-bond donors (Lipinski definition) is 1. The van der Waals surface area contributed by atoms with Gasteiger partial charge in [-0.2, -0.15) is 0 Å². The lowest BCUT2D eigenvalue weighted by atomic mass is 10.1. The maximum Gasteiger partial charge on any atom is 0.271 e. The molecule has 1 fully saturated rings. The van der Waals surface area contributed by atoms with Gasteiger partial charge in [-0.05, 0) is 43.7 Å². The molecule has 1 N–H and O–H groups in total. The molecule has 4 rings (SSSR count). The third-order valence-corrected chi connectivity index (χ3v) is 5.19. The summed E-state index contributed by atoms with van der Waals surface area (Å²) in [5.41, 5.74) is 2.06. The summed E-state index contributed by atoms with van der Waals surface area (Å²) in [6, 6.07) is 10.4. The quantitative estimate of drug-likeness (QED) is 0.705. The van der Waals surface area contributed by atoms with Crippen LogP contribution in [0.15, 0.2) is 42.6 Å². The Morgan fingerprint density at radius 2 is 2.03 bits per heavy atom. The number of anilines is 1. The van der Waals surface area contributed by atoms with Gasteiger partial charge < -0.3 is 15.0 Å². The van der Waals surface area contributed by atoms with Crippen molar-refractivity contribution in [1.82, 2.24) is 14.7 Å². The van der Waals surface area contributed by atoms with Gasteiger partial charge in [0.25, 0.3) is 5.91 Å². The van der Waals surface area contributed by atoms with Gasteiger partial charge in [0.15, 0.2) is 10.8 Å². The first-order chi connectivity index (χ1) is 13.9. The largest absolute Gasteiger partial charge is 0.372 e. The Bertz CT molecular complexity index is 1040. The van der Waals surface area contributed by atoms with Crippen molar-refractivity contribution in [3.63, 3.8) is 0 Å². The van der Waals surface area contributed by atoms with Crippen LogP contribution in [-0.2, 0) is 11.3 Å². The van der Waals surface area contributed by atoms with Crippen LogP contribution in [0.2, 0.25) is 5.15 Å². The summed E-state index contributed by atoms with van der Waals surface area (Å²) in [5, 5.41) is 2.92. The molecule has 1 saturated heterocycles. The zero-order valence-corrected chi connectivity index (χ0v) is 17.0. The number of nitrogens with zero attached hydrogens (tertiary/aromatic N) is 3. The molecule has 152 valence electrons. The number of carbonyl (C=O) groups excluding carboxylic acids is 1. The fraction of sp³-hybridized carbons (Fsp3) is 0.333. The number of benzene rings is 1. The van der Waals surface area contributed by atoms with Gasteiger partial charge in [-0.15, -0.1) is 0 Å². The van der Waals surface area contributed by atoms with Crippen molar-refractivity contribution in [2.45, 2.75) is 32.6 Å². The van der Waals surface area contributed by atoms with Crippen LogP contribution in [0.3, 0.4) is 0 Å². The topological polar surface area (TPSA) is 58.9 Å². The molecule has 29 heavy (non-hydrogen) atoms. The van der Waals surface area contributed by atoms with Gasteiger partial charge in [-0.1, -0.05) is 23.7 Å². The Hall–Kier alpha value is -2.64. The highest BCUT2D eigenvalue weighted by molar-refractivity contribution is 6.32. The van der Waals surface area contributed by atoms with Crippen LogP contribution in [0.25, 0.3) is 5.65 Å². The Morgan fingerprint density at radius 1 is 1.28 bits per heavy atom. The van der Waals surface area contributed by atoms with E-state index in [2.05, 4.69) is 10.3 Å². The maximum atomic E-state index is 14.7. The monoisotopic (exact) mass is 416 g/mol. The number of pyridine rings is 1. The molecule has 1 amide bonds. The van der Waals surface area contributed by atoms with E-state index in [1.807, 2.05) is 30.9 Å². The fourth-order valence-electron chi connectivity index (χ4n) is 3.73. The molecule has 0 unspecified atom stereocenters. The first-order valence-electron chi connectivity index (χ1n) is 9.52. The van der Waals surface area contributed by atoms with Gasteiger partial charge in [-0.25, -0.2) is 9.37 Å². The highest BCUT2D eigenvalue weighted by atomic mass is 35.5. The fourth-order valence-corrected chi connectivity index (χ4v) is 3.99. The molecule has 1 aliphatic rings. The van der Waals surface area contributed by atoms with Crippen LogP contribution in [0, 0.1) is 5.82 Å². The summed E-state index contributed by atoms with van der Waals surface area (Å²) in [6.07, 6.45) is 1.82. The van der Waals surface area contributed by atoms with Crippen LogP contribution < -0.4 is 10.2 Å². The SMILES string of the molecule is C[C@@H]1CN(c2ccc(CNC(=O)c3c(Cl)nc4ccccn34)cc2F)C[C@H](C)O1. The lowest BCUT2D eigenvalue weighted by Gasteiger charge is -2.37. The lowest BCUT2D eigenvalue weighted by molar-refractivity contribution is -0.00539. The minimum Gasteiger partial charge on any atom is -0.372 e. The predicted molar refractivity (Wildman–Crippen MR) is 110 cm³/mol. The van der Waals surface area contributed by atoms with Gasteiger partial charge >= 0.3 is 0 Å². The summed E-state index contributed by atoms with van der Waals surface area (Å²) in [5.74, 6) is -0.681. The van der Waals surface area contributed by atoms with E-state index in [0.29, 0.717) is 30.0 Å². The van der Waals surface area contributed by atoms with Crippen molar-refractivity contribution in [1.29, 1.82) is 0 Å². The number of halogens is 2. The molecule has 1 aliphatic heterocycles. The molecule has 2 aromatic heterocycles. The highest BCUT2D eigenvalue weighted by Gasteiger charge is 2.24. The van der Waals surface area contributed by atoms with E-state index < -0.39 is 0 Å². The standard InChI is InChI=1S/C21H22ClFN4O2/c1-13-11-26(12-14(2)29-13)17-7-6-15(9-16(17)23)10-24-21(28)19-20(22)25-18-5-3-4-8-27(18)19/h3-9,13-14H,10-12H2,1-2H3,(H,24,28)/t13-,14+. The number of morpholine rings is 1. The van der Waals surface area contributed by atoms with Crippen LogP contribution in [0.5, 0.6) is 0 Å². The summed E-state index contributed by atoms with van der Waals surface area (Å²) in [7, 11) is 0. The molecule has 0 bridgehead atoms. The van der Waals surface area contributed by atoms with Crippen molar-refractivity contribution < 1.29 is 13.9 Å². The Morgan fingerprint density at radius 3 is 2.76 bits per heavy atom. The summed E-state index contributed by atoms with van der Waals surface area (Å²) in [6.45, 7) is 5.43. The number of hydrogen-bond acceptors (Lipinski definition) is 4. The molecule has 3 heterocycles.